The summed E-state index contributed by atoms with van der Waals surface area (Å²) < 4.78 is 0. The third-order valence-corrected chi connectivity index (χ3v) is 3.69. The summed E-state index contributed by atoms with van der Waals surface area (Å²) in [7, 11) is 0. The molecule has 0 N–H and O–H groups in total. The van der Waals surface area contributed by atoms with Crippen molar-refractivity contribution in [2.24, 2.45) is 0 Å². The third-order valence-electron chi connectivity index (χ3n) is 3.69. The Balaban J connectivity index is -0.000000458. The average Bonchev–Trinajstić information content (AvgIpc) is 2.93. The summed E-state index contributed by atoms with van der Waals surface area (Å²) in [5.74, 6) is 0. The molecule has 0 unspecified atom stereocenters. The fourth-order valence-electron chi connectivity index (χ4n) is 2.38. The molecule has 0 aliphatic rings. The minimum Gasteiger partial charge on any atom is -0.753 e. The molecule has 4 aromatic rings. The van der Waals surface area contributed by atoms with Crippen LogP contribution in [0.5, 0.6) is 0 Å². The van der Waals surface area contributed by atoms with E-state index in [0.717, 1.165) is 22.8 Å². The SMILES string of the molecule is CC.CC.Cc1ccnc(-c2cc(C)ccn2)c1.[N-]=C=S.[N-]=C=S.[Ru+2].c1ccc(-c2ccccn2)nc1. The first-order valence-electron chi connectivity index (χ1n) is 11.3. The van der Waals surface area contributed by atoms with Gasteiger partial charge in [-0.3, -0.25) is 19.9 Å². The second-order valence-corrected chi connectivity index (χ2v) is 6.41. The number of aryl methyl sites for hydroxylation is 2. The maximum atomic E-state index is 7.13. The van der Waals surface area contributed by atoms with Gasteiger partial charge in [0.25, 0.3) is 0 Å². The number of rotatable bonds is 2. The van der Waals surface area contributed by atoms with Crippen molar-refractivity contribution in [3.63, 3.8) is 0 Å². The Hall–Kier alpha value is -3.18. The van der Waals surface area contributed by atoms with E-state index in [-0.39, 0.29) is 19.5 Å². The van der Waals surface area contributed by atoms with E-state index >= 15 is 0 Å². The topological polar surface area (TPSA) is 96.2 Å². The molecule has 0 saturated heterocycles. The molecule has 0 saturated carbocycles. The van der Waals surface area contributed by atoms with Gasteiger partial charge in [-0.1, -0.05) is 64.3 Å². The van der Waals surface area contributed by atoms with Crippen molar-refractivity contribution in [2.75, 3.05) is 0 Å². The van der Waals surface area contributed by atoms with E-state index in [1.165, 1.54) is 21.4 Å². The van der Waals surface area contributed by atoms with Gasteiger partial charge in [-0.05, 0) is 73.5 Å². The van der Waals surface area contributed by atoms with Gasteiger partial charge in [0.05, 0.1) is 22.8 Å². The standard InChI is InChI=1S/C12H12N2.C10H8N2.2C2H6.2CNS.Ru/c1-9-3-5-13-11(7-9)12-8-10(2)4-6-14-12;1-3-7-11-9(5-1)10-6-2-4-8-12-10;2*1-2;2*2-1-3;/h3-8H,1-2H3;1-8H;2*1-2H3;;;/q;;;;2*-1;+2. The van der Waals surface area contributed by atoms with Crippen LogP contribution in [0.2, 0.25) is 0 Å². The van der Waals surface area contributed by atoms with Gasteiger partial charge in [0.2, 0.25) is 0 Å². The van der Waals surface area contributed by atoms with Crippen LogP contribution in [0.3, 0.4) is 0 Å². The predicted octanol–water partition coefficient (Wildman–Crippen LogP) is 8.27. The van der Waals surface area contributed by atoms with Gasteiger partial charge in [-0.2, -0.15) is 10.3 Å². The molecule has 0 bridgehead atoms. The van der Waals surface area contributed by atoms with Crippen molar-refractivity contribution in [3.8, 4) is 22.8 Å². The fourth-order valence-corrected chi connectivity index (χ4v) is 2.38. The second-order valence-electron chi connectivity index (χ2n) is 6.05. The van der Waals surface area contributed by atoms with Gasteiger partial charge in [-0.25, -0.2) is 0 Å². The van der Waals surface area contributed by atoms with E-state index in [1.54, 1.807) is 12.4 Å². The van der Waals surface area contributed by atoms with E-state index in [4.69, 9.17) is 10.8 Å². The van der Waals surface area contributed by atoms with E-state index in [9.17, 15) is 0 Å². The summed E-state index contributed by atoms with van der Waals surface area (Å²) in [5.41, 5.74) is 6.12. The fraction of sp³-hybridized carbons (Fsp3) is 0.214. The Morgan fingerprint density at radius 2 is 0.838 bits per heavy atom. The van der Waals surface area contributed by atoms with Gasteiger partial charge in [0, 0.05) is 24.8 Å². The van der Waals surface area contributed by atoms with Crippen LogP contribution < -0.4 is 0 Å². The van der Waals surface area contributed by atoms with Gasteiger partial charge >= 0.3 is 19.5 Å². The number of hydrogen-bond acceptors (Lipinski definition) is 6. The Kier molecular flexibility index (Phi) is 28.4. The third kappa shape index (κ3) is 18.7. The molecule has 0 atom stereocenters. The van der Waals surface area contributed by atoms with Crippen molar-refractivity contribution < 1.29 is 19.5 Å². The second kappa shape index (κ2) is 27.4. The maximum Gasteiger partial charge on any atom is 2.00 e. The monoisotopic (exact) mass is 618 g/mol. The molecule has 9 heteroatoms. The van der Waals surface area contributed by atoms with E-state index in [2.05, 4.69) is 58.2 Å². The van der Waals surface area contributed by atoms with Crippen LogP contribution in [0, 0.1) is 13.8 Å². The minimum absolute atomic E-state index is 0. The summed E-state index contributed by atoms with van der Waals surface area (Å²) in [6.45, 7) is 12.1. The van der Waals surface area contributed by atoms with Crippen molar-refractivity contribution in [1.82, 2.24) is 19.9 Å². The molecule has 0 aromatic carbocycles. The molecule has 6 nitrogen and oxygen atoms in total. The molecule has 4 rings (SSSR count). The quantitative estimate of drug-likeness (QED) is 0.128. The Morgan fingerprint density at radius 3 is 1.08 bits per heavy atom. The largest absolute Gasteiger partial charge is 2.00 e. The summed E-state index contributed by atoms with van der Waals surface area (Å²) in [6, 6.07) is 19.7. The molecular formula is C28H32N6RuS2. The molecule has 194 valence electrons. The minimum atomic E-state index is 0. The van der Waals surface area contributed by atoms with Crippen LogP contribution in [0.25, 0.3) is 33.6 Å². The summed E-state index contributed by atoms with van der Waals surface area (Å²) in [5, 5.41) is 16.9. The Labute approximate surface area is 244 Å². The van der Waals surface area contributed by atoms with Crippen molar-refractivity contribution >= 4 is 34.8 Å². The van der Waals surface area contributed by atoms with E-state index < -0.39 is 0 Å². The van der Waals surface area contributed by atoms with Crippen molar-refractivity contribution in [3.05, 3.63) is 107 Å². The molecule has 0 aliphatic carbocycles. The molecule has 4 aromatic heterocycles. The van der Waals surface area contributed by atoms with Gasteiger partial charge in [0.1, 0.15) is 0 Å². The molecule has 4 heterocycles. The molecule has 0 amide bonds. The maximum absolute atomic E-state index is 7.13. The van der Waals surface area contributed by atoms with E-state index in [0.29, 0.717) is 0 Å². The van der Waals surface area contributed by atoms with Crippen LogP contribution in [0.4, 0.5) is 0 Å². The smallest absolute Gasteiger partial charge is 0.753 e. The molecular weight excluding hydrogens is 586 g/mol. The number of pyridine rings is 4. The van der Waals surface area contributed by atoms with E-state index in [1.807, 2.05) is 101 Å². The van der Waals surface area contributed by atoms with Crippen LogP contribution >= 0.6 is 24.4 Å². The van der Waals surface area contributed by atoms with Gasteiger partial charge in [0.15, 0.2) is 0 Å². The van der Waals surface area contributed by atoms with Gasteiger partial charge < -0.3 is 10.8 Å². The number of thiocarbonyl (C=S) groups is 2. The Morgan fingerprint density at radius 1 is 0.541 bits per heavy atom. The first kappa shape index (κ1) is 38.4. The van der Waals surface area contributed by atoms with Crippen LogP contribution in [0.15, 0.2) is 85.5 Å². The zero-order valence-corrected chi connectivity index (χ0v) is 25.3. The van der Waals surface area contributed by atoms with Crippen LogP contribution in [-0.2, 0) is 19.5 Å². The molecule has 0 aliphatic heterocycles. The first-order valence-corrected chi connectivity index (χ1v) is 12.1. The summed E-state index contributed by atoms with van der Waals surface area (Å²) >= 11 is 7.40. The molecule has 37 heavy (non-hydrogen) atoms. The van der Waals surface area contributed by atoms with Crippen molar-refractivity contribution in [2.45, 2.75) is 41.5 Å². The number of aromatic nitrogens is 4. The zero-order valence-electron chi connectivity index (χ0n) is 21.9. The molecule has 0 spiro atoms. The van der Waals surface area contributed by atoms with Crippen LogP contribution in [-0.4, -0.2) is 30.3 Å². The molecule has 0 fully saturated rings. The predicted molar refractivity (Wildman–Crippen MR) is 159 cm³/mol. The number of nitrogens with zero attached hydrogens (tertiary/aromatic N) is 6. The number of isothiocyanates is 2. The zero-order chi connectivity index (χ0) is 27.6. The summed E-state index contributed by atoms with van der Waals surface area (Å²) in [4.78, 5) is 16.9. The summed E-state index contributed by atoms with van der Waals surface area (Å²) in [6.07, 6.45) is 7.16. The van der Waals surface area contributed by atoms with Gasteiger partial charge in [-0.15, -0.1) is 0 Å². The average molecular weight is 618 g/mol. The normalized spacial score (nSPS) is 7.73. The molecule has 0 radical (unpaired) electrons. The van der Waals surface area contributed by atoms with Crippen LogP contribution in [0.1, 0.15) is 38.8 Å². The Bertz CT molecular complexity index is 1050. The van der Waals surface area contributed by atoms with Crippen molar-refractivity contribution in [1.29, 1.82) is 0 Å². The number of hydrogen-bond donors (Lipinski definition) is 0. The first-order chi connectivity index (χ1) is 17.5.